The van der Waals surface area contributed by atoms with Crippen LogP contribution in [0, 0.1) is 5.82 Å². The summed E-state index contributed by atoms with van der Waals surface area (Å²) in [6.07, 6.45) is 12.1. The summed E-state index contributed by atoms with van der Waals surface area (Å²) in [5.41, 5.74) is 8.05. The van der Waals surface area contributed by atoms with Crippen molar-refractivity contribution in [2.45, 2.75) is 24.7 Å². The second kappa shape index (κ2) is 9.17. The van der Waals surface area contributed by atoms with Crippen molar-refractivity contribution in [1.82, 2.24) is 5.32 Å². The van der Waals surface area contributed by atoms with Gasteiger partial charge in [-0.1, -0.05) is 29.9 Å². The molecule has 0 amide bonds. The molecule has 0 fully saturated rings. The third-order valence-electron chi connectivity index (χ3n) is 5.73. The minimum Gasteiger partial charge on any atom is -0.612 e. The van der Waals surface area contributed by atoms with E-state index in [1.165, 1.54) is 22.8 Å². The van der Waals surface area contributed by atoms with Gasteiger partial charge in [0.1, 0.15) is 12.1 Å². The molecule has 0 saturated carbocycles. The fraction of sp³-hybridized carbons (Fsp3) is 0.231. The molecule has 0 spiro atoms. The maximum atomic E-state index is 14.0. The maximum Gasteiger partial charge on any atom is 0.152 e. The summed E-state index contributed by atoms with van der Waals surface area (Å²) in [4.78, 5) is 0.817. The normalized spacial score (nSPS) is 17.6. The first-order chi connectivity index (χ1) is 14.5. The summed E-state index contributed by atoms with van der Waals surface area (Å²) in [6, 6.07) is 12.8. The molecule has 0 bridgehead atoms. The van der Waals surface area contributed by atoms with Gasteiger partial charge in [-0.25, -0.2) is 4.39 Å². The Morgan fingerprint density at radius 1 is 1.13 bits per heavy atom. The van der Waals surface area contributed by atoms with Crippen LogP contribution in [0.25, 0.3) is 17.2 Å². The molecular weight excluding hydrogens is 393 g/mol. The lowest BCUT2D eigenvalue weighted by atomic mass is 10.0. The van der Waals surface area contributed by atoms with E-state index in [1.54, 1.807) is 12.3 Å². The van der Waals surface area contributed by atoms with Gasteiger partial charge in [0.05, 0.1) is 0 Å². The van der Waals surface area contributed by atoms with E-state index in [4.69, 9.17) is 0 Å². The average Bonchev–Trinajstić information content (AvgIpc) is 3.33. The second-order valence-corrected chi connectivity index (χ2v) is 9.14. The number of hydrogen-bond acceptors (Lipinski definition) is 2. The van der Waals surface area contributed by atoms with Crippen LogP contribution in [0.3, 0.4) is 0 Å². The van der Waals surface area contributed by atoms with Crippen LogP contribution in [0.2, 0.25) is 0 Å². The number of allylic oxidation sites excluding steroid dienone is 5. The molecule has 0 aromatic heterocycles. The van der Waals surface area contributed by atoms with Crippen LogP contribution in [-0.4, -0.2) is 23.9 Å². The molecule has 1 unspecified atom stereocenters. The average molecular weight is 420 g/mol. The molecule has 4 heteroatoms. The first kappa shape index (κ1) is 20.9. The largest absolute Gasteiger partial charge is 0.612 e. The number of hydrogen-bond donors (Lipinski definition) is 1. The van der Waals surface area contributed by atoms with Gasteiger partial charge in [-0.2, -0.15) is 0 Å². The summed E-state index contributed by atoms with van der Waals surface area (Å²) in [7, 11) is 0. The number of nitrogens with one attached hydrogen (secondary N) is 1. The predicted octanol–water partition coefficient (Wildman–Crippen LogP) is 5.76. The van der Waals surface area contributed by atoms with Crippen LogP contribution in [-0.2, 0) is 11.2 Å². The third kappa shape index (κ3) is 4.51. The Morgan fingerprint density at radius 2 is 1.93 bits per heavy atom. The van der Waals surface area contributed by atoms with Crippen LogP contribution in [0.15, 0.2) is 76.7 Å². The highest BCUT2D eigenvalue weighted by Gasteiger charge is 2.24. The third-order valence-corrected chi connectivity index (χ3v) is 6.66. The van der Waals surface area contributed by atoms with Crippen molar-refractivity contribution in [3.8, 4) is 0 Å². The van der Waals surface area contributed by atoms with E-state index in [9.17, 15) is 8.94 Å². The highest BCUT2D eigenvalue weighted by molar-refractivity contribution is 7.90. The minimum atomic E-state index is -0.985. The molecular formula is C26H26FNOS. The van der Waals surface area contributed by atoms with Gasteiger partial charge >= 0.3 is 0 Å². The van der Waals surface area contributed by atoms with E-state index in [1.807, 2.05) is 30.3 Å². The van der Waals surface area contributed by atoms with Crippen molar-refractivity contribution >= 4 is 28.4 Å². The quantitative estimate of drug-likeness (QED) is 0.458. The first-order valence-corrected chi connectivity index (χ1v) is 11.8. The Morgan fingerprint density at radius 3 is 2.63 bits per heavy atom. The summed E-state index contributed by atoms with van der Waals surface area (Å²) >= 11 is -0.985. The zero-order chi connectivity index (χ0) is 21.1. The van der Waals surface area contributed by atoms with E-state index < -0.39 is 11.2 Å². The van der Waals surface area contributed by atoms with Crippen molar-refractivity contribution in [2.24, 2.45) is 0 Å². The fourth-order valence-corrected chi connectivity index (χ4v) is 4.60. The van der Waals surface area contributed by atoms with Gasteiger partial charge < -0.3 is 9.87 Å². The molecule has 1 N–H and O–H groups in total. The Balaban J connectivity index is 1.57. The van der Waals surface area contributed by atoms with Crippen molar-refractivity contribution < 1.29 is 8.94 Å². The van der Waals surface area contributed by atoms with Crippen molar-refractivity contribution in [3.05, 3.63) is 94.3 Å². The van der Waals surface area contributed by atoms with Gasteiger partial charge in [0.2, 0.25) is 0 Å². The molecule has 2 nitrogen and oxygen atoms in total. The van der Waals surface area contributed by atoms with E-state index >= 15 is 0 Å². The van der Waals surface area contributed by atoms with Crippen LogP contribution in [0.4, 0.5) is 4.39 Å². The van der Waals surface area contributed by atoms with E-state index in [0.717, 1.165) is 53.1 Å². The Kier molecular flexibility index (Phi) is 6.38. The highest BCUT2D eigenvalue weighted by Crippen LogP contribution is 2.43. The maximum absolute atomic E-state index is 14.0. The molecule has 0 aliphatic heterocycles. The van der Waals surface area contributed by atoms with E-state index in [-0.39, 0.29) is 5.82 Å². The summed E-state index contributed by atoms with van der Waals surface area (Å²) in [5.74, 6) is -0.203. The molecule has 1 atom stereocenters. The number of benzene rings is 2. The summed E-state index contributed by atoms with van der Waals surface area (Å²) < 4.78 is 25.7. The lowest BCUT2D eigenvalue weighted by Gasteiger charge is -2.09. The van der Waals surface area contributed by atoms with Crippen LogP contribution in [0.1, 0.15) is 36.5 Å². The summed E-state index contributed by atoms with van der Waals surface area (Å²) in [6.45, 7) is 3.87. The van der Waals surface area contributed by atoms with E-state index in [2.05, 4.69) is 36.5 Å². The number of rotatable bonds is 7. The monoisotopic (exact) mass is 419 g/mol. The highest BCUT2D eigenvalue weighted by atomic mass is 32.2. The zero-order valence-electron chi connectivity index (χ0n) is 17.4. The molecule has 30 heavy (non-hydrogen) atoms. The molecule has 2 aromatic rings. The van der Waals surface area contributed by atoms with Crippen LogP contribution < -0.4 is 5.32 Å². The second-order valence-electron chi connectivity index (χ2n) is 7.76. The number of halogens is 1. The molecule has 2 aromatic carbocycles. The van der Waals surface area contributed by atoms with Crippen LogP contribution in [0.5, 0.6) is 0 Å². The molecule has 2 aliphatic rings. The molecule has 154 valence electrons. The molecule has 0 saturated heterocycles. The molecule has 4 rings (SSSR count). The van der Waals surface area contributed by atoms with E-state index in [0.29, 0.717) is 0 Å². The fourth-order valence-electron chi connectivity index (χ4n) is 4.08. The van der Waals surface area contributed by atoms with Gasteiger partial charge in [0.25, 0.3) is 0 Å². The Hall–Kier alpha value is -2.40. The Labute approximate surface area is 181 Å². The smallest absolute Gasteiger partial charge is 0.152 e. The van der Waals surface area contributed by atoms with Crippen molar-refractivity contribution in [3.63, 3.8) is 0 Å². The number of fused-ring (bicyclic) bond motifs is 1. The van der Waals surface area contributed by atoms with Gasteiger partial charge in [-0.15, -0.1) is 0 Å². The van der Waals surface area contributed by atoms with Gasteiger partial charge in [0, 0.05) is 6.54 Å². The van der Waals surface area contributed by atoms with Crippen molar-refractivity contribution in [1.29, 1.82) is 0 Å². The summed E-state index contributed by atoms with van der Waals surface area (Å²) in [5, 5.41) is 3.52. The lowest BCUT2D eigenvalue weighted by molar-refractivity contribution is 0.601. The minimum absolute atomic E-state index is 0.203. The predicted molar refractivity (Wildman–Crippen MR) is 125 cm³/mol. The zero-order valence-corrected chi connectivity index (χ0v) is 18.2. The topological polar surface area (TPSA) is 35.1 Å². The van der Waals surface area contributed by atoms with Crippen LogP contribution >= 0.6 is 0 Å². The molecule has 0 radical (unpaired) electrons. The SMILES string of the molecule is CC1=C(CCNCC2=CC=CC2)c2cc(F)ccc2/C1=C\c1ccc([S+](C)[O-])cc1. The van der Waals surface area contributed by atoms with Crippen molar-refractivity contribution in [2.75, 3.05) is 19.3 Å². The first-order valence-electron chi connectivity index (χ1n) is 10.2. The van der Waals surface area contributed by atoms with Gasteiger partial charge in [-0.05, 0) is 113 Å². The Bertz CT molecular complexity index is 1060. The molecule has 2 aliphatic carbocycles. The van der Waals surface area contributed by atoms with Gasteiger partial charge in [-0.3, -0.25) is 0 Å². The standard InChI is InChI=1S/C26H26FNOS/c1-18-23(13-14-28-17-20-5-3-4-6-20)26-16-21(27)9-12-24(26)25(18)15-19-7-10-22(11-8-19)30(2)29/h3-5,7-12,15-16,28H,6,13-14,17H2,1-2H3/b25-15-. The lowest BCUT2D eigenvalue weighted by Crippen LogP contribution is -2.18. The van der Waals surface area contributed by atoms with Gasteiger partial charge in [0.15, 0.2) is 4.90 Å². The molecule has 0 heterocycles.